The van der Waals surface area contributed by atoms with Crippen LogP contribution in [0.3, 0.4) is 0 Å². The van der Waals surface area contributed by atoms with E-state index < -0.39 is 6.10 Å². The van der Waals surface area contributed by atoms with Crippen LogP contribution in [0.25, 0.3) is 0 Å². The first-order valence-corrected chi connectivity index (χ1v) is 8.11. The van der Waals surface area contributed by atoms with Gasteiger partial charge in [-0.3, -0.25) is 4.79 Å². The number of carbonyl (C=O) groups is 1. The summed E-state index contributed by atoms with van der Waals surface area (Å²) >= 11 is 0. The number of hydrogen-bond donors (Lipinski definition) is 2. The Morgan fingerprint density at radius 2 is 2.09 bits per heavy atom. The number of nitrogens with zero attached hydrogens (tertiary/aromatic N) is 1. The number of rotatable bonds is 5. The topological polar surface area (TPSA) is 52.6 Å². The maximum absolute atomic E-state index is 11.9. The monoisotopic (exact) mass is 304 g/mol. The van der Waals surface area contributed by atoms with Gasteiger partial charge in [0.1, 0.15) is 0 Å². The third kappa shape index (κ3) is 4.08. The summed E-state index contributed by atoms with van der Waals surface area (Å²) in [5, 5.41) is 13.5. The van der Waals surface area contributed by atoms with Gasteiger partial charge in [-0.15, -0.1) is 0 Å². The Labute approximate surface area is 133 Å². The quantitative estimate of drug-likeness (QED) is 0.879. The number of hydrogen-bond acceptors (Lipinski definition) is 3. The average Bonchev–Trinajstić information content (AvgIpc) is 2.89. The molecule has 1 heterocycles. The van der Waals surface area contributed by atoms with Crippen LogP contribution in [0, 0.1) is 5.41 Å². The van der Waals surface area contributed by atoms with Crippen molar-refractivity contribution in [3.63, 3.8) is 0 Å². The standard InChI is InChI=1S/C18H28N2O2/c1-13(19-12-16(21)18(2,3)4)14-7-5-8-15(11-14)20-10-6-9-17(20)22/h5,7-8,11,13,16,19,21H,6,9-10,12H2,1-4H3. The molecule has 0 aliphatic carbocycles. The zero-order valence-corrected chi connectivity index (χ0v) is 14.1. The Kier molecular flexibility index (Phi) is 5.24. The van der Waals surface area contributed by atoms with Crippen LogP contribution in [-0.4, -0.2) is 30.2 Å². The lowest BCUT2D eigenvalue weighted by atomic mass is 9.89. The van der Waals surface area contributed by atoms with Gasteiger partial charge in [-0.2, -0.15) is 0 Å². The molecule has 4 nitrogen and oxygen atoms in total. The molecule has 1 amide bonds. The predicted octanol–water partition coefficient (Wildman–Crippen LogP) is 2.87. The molecule has 1 saturated heterocycles. The highest BCUT2D eigenvalue weighted by Gasteiger charge is 2.24. The second kappa shape index (κ2) is 6.80. The van der Waals surface area contributed by atoms with E-state index in [1.165, 1.54) is 0 Å². The molecule has 2 N–H and O–H groups in total. The van der Waals surface area contributed by atoms with Crippen molar-refractivity contribution in [2.75, 3.05) is 18.0 Å². The summed E-state index contributed by atoms with van der Waals surface area (Å²) in [5.74, 6) is 0.209. The Hall–Kier alpha value is -1.39. The van der Waals surface area contributed by atoms with Crippen LogP contribution in [0.15, 0.2) is 24.3 Å². The summed E-state index contributed by atoms with van der Waals surface area (Å²) in [6, 6.07) is 8.25. The van der Waals surface area contributed by atoms with Gasteiger partial charge in [-0.05, 0) is 36.5 Å². The Morgan fingerprint density at radius 1 is 1.36 bits per heavy atom. The zero-order valence-electron chi connectivity index (χ0n) is 14.1. The fourth-order valence-electron chi connectivity index (χ4n) is 2.60. The molecular weight excluding hydrogens is 276 g/mol. The van der Waals surface area contributed by atoms with Gasteiger partial charge < -0.3 is 15.3 Å². The van der Waals surface area contributed by atoms with Crippen LogP contribution in [0.4, 0.5) is 5.69 Å². The van der Waals surface area contributed by atoms with E-state index in [-0.39, 0.29) is 17.4 Å². The van der Waals surface area contributed by atoms with Crippen molar-refractivity contribution in [3.8, 4) is 0 Å². The number of aliphatic hydroxyl groups excluding tert-OH is 1. The van der Waals surface area contributed by atoms with Crippen LogP contribution >= 0.6 is 0 Å². The molecular formula is C18H28N2O2. The van der Waals surface area contributed by atoms with Crippen molar-refractivity contribution in [2.45, 2.75) is 52.7 Å². The first-order valence-electron chi connectivity index (χ1n) is 8.11. The third-order valence-electron chi connectivity index (χ3n) is 4.37. The van der Waals surface area contributed by atoms with Gasteiger partial charge in [0.15, 0.2) is 0 Å². The first kappa shape index (κ1) is 17.0. The summed E-state index contributed by atoms with van der Waals surface area (Å²) in [5.41, 5.74) is 1.99. The molecule has 1 aromatic carbocycles. The number of aliphatic hydroxyl groups is 1. The molecule has 2 unspecified atom stereocenters. The number of anilines is 1. The van der Waals surface area contributed by atoms with Crippen LogP contribution < -0.4 is 10.2 Å². The van der Waals surface area contributed by atoms with E-state index in [2.05, 4.69) is 24.4 Å². The number of amides is 1. The summed E-state index contributed by atoms with van der Waals surface area (Å²) in [6.45, 7) is 9.54. The molecule has 0 aromatic heterocycles. The van der Waals surface area contributed by atoms with Crippen LogP contribution in [0.5, 0.6) is 0 Å². The fraction of sp³-hybridized carbons (Fsp3) is 0.611. The fourth-order valence-corrected chi connectivity index (χ4v) is 2.60. The lowest BCUT2D eigenvalue weighted by molar-refractivity contribution is -0.117. The average molecular weight is 304 g/mol. The highest BCUT2D eigenvalue weighted by atomic mass is 16.3. The number of nitrogens with one attached hydrogen (secondary N) is 1. The molecule has 22 heavy (non-hydrogen) atoms. The van der Waals surface area contributed by atoms with Gasteiger partial charge in [0.25, 0.3) is 0 Å². The maximum Gasteiger partial charge on any atom is 0.227 e. The molecule has 0 bridgehead atoms. The Morgan fingerprint density at radius 3 is 2.68 bits per heavy atom. The van der Waals surface area contributed by atoms with Gasteiger partial charge in [-0.25, -0.2) is 0 Å². The smallest absolute Gasteiger partial charge is 0.227 e. The number of benzene rings is 1. The van der Waals surface area contributed by atoms with Crippen molar-refractivity contribution in [3.05, 3.63) is 29.8 Å². The van der Waals surface area contributed by atoms with E-state index >= 15 is 0 Å². The van der Waals surface area contributed by atoms with E-state index in [0.29, 0.717) is 13.0 Å². The largest absolute Gasteiger partial charge is 0.391 e. The Bertz CT molecular complexity index is 522. The second-order valence-electron chi connectivity index (χ2n) is 7.26. The minimum absolute atomic E-state index is 0.128. The highest BCUT2D eigenvalue weighted by Crippen LogP contribution is 2.25. The molecule has 2 atom stereocenters. The second-order valence-corrected chi connectivity index (χ2v) is 7.26. The van der Waals surface area contributed by atoms with Crippen LogP contribution in [0.1, 0.15) is 52.1 Å². The predicted molar refractivity (Wildman–Crippen MR) is 89.9 cm³/mol. The summed E-state index contributed by atoms with van der Waals surface area (Å²) in [6.07, 6.45) is 1.20. The van der Waals surface area contributed by atoms with E-state index in [9.17, 15) is 9.90 Å². The van der Waals surface area contributed by atoms with Crippen LogP contribution in [-0.2, 0) is 4.79 Å². The molecule has 0 radical (unpaired) electrons. The van der Waals surface area contributed by atoms with Gasteiger partial charge in [0, 0.05) is 31.2 Å². The van der Waals surface area contributed by atoms with Gasteiger partial charge >= 0.3 is 0 Å². The molecule has 1 aromatic rings. The lowest BCUT2D eigenvalue weighted by Gasteiger charge is -2.28. The van der Waals surface area contributed by atoms with Crippen molar-refractivity contribution in [1.82, 2.24) is 5.32 Å². The minimum atomic E-state index is -0.390. The van der Waals surface area contributed by atoms with Crippen molar-refractivity contribution in [1.29, 1.82) is 0 Å². The molecule has 2 rings (SSSR count). The van der Waals surface area contributed by atoms with Gasteiger partial charge in [-0.1, -0.05) is 32.9 Å². The Balaban J connectivity index is 2.01. The molecule has 122 valence electrons. The van der Waals surface area contributed by atoms with Crippen molar-refractivity contribution < 1.29 is 9.90 Å². The van der Waals surface area contributed by atoms with E-state index in [1.807, 2.05) is 37.8 Å². The van der Waals surface area contributed by atoms with E-state index in [1.54, 1.807) is 0 Å². The van der Waals surface area contributed by atoms with Crippen LogP contribution in [0.2, 0.25) is 0 Å². The van der Waals surface area contributed by atoms with Crippen molar-refractivity contribution in [2.24, 2.45) is 5.41 Å². The van der Waals surface area contributed by atoms with Gasteiger partial charge in [0.05, 0.1) is 6.10 Å². The maximum atomic E-state index is 11.9. The minimum Gasteiger partial charge on any atom is -0.391 e. The first-order chi connectivity index (χ1) is 10.3. The molecule has 1 fully saturated rings. The SMILES string of the molecule is CC(NCC(O)C(C)(C)C)c1cccc(N2CCCC2=O)c1. The van der Waals surface area contributed by atoms with Gasteiger partial charge in [0.2, 0.25) is 5.91 Å². The number of carbonyl (C=O) groups excluding carboxylic acids is 1. The molecule has 1 aliphatic heterocycles. The summed E-state index contributed by atoms with van der Waals surface area (Å²) in [4.78, 5) is 13.7. The molecule has 4 heteroatoms. The zero-order chi connectivity index (χ0) is 16.3. The van der Waals surface area contributed by atoms with E-state index in [0.717, 1.165) is 24.2 Å². The summed E-state index contributed by atoms with van der Waals surface area (Å²) in [7, 11) is 0. The molecule has 0 spiro atoms. The highest BCUT2D eigenvalue weighted by molar-refractivity contribution is 5.95. The van der Waals surface area contributed by atoms with E-state index in [4.69, 9.17) is 0 Å². The molecule has 1 aliphatic rings. The van der Waals surface area contributed by atoms with Crippen molar-refractivity contribution >= 4 is 11.6 Å². The lowest BCUT2D eigenvalue weighted by Crippen LogP contribution is -2.37. The normalized spacial score (nSPS) is 18.6. The molecule has 0 saturated carbocycles. The summed E-state index contributed by atoms with van der Waals surface area (Å²) < 4.78 is 0. The third-order valence-corrected chi connectivity index (χ3v) is 4.37.